The highest BCUT2D eigenvalue weighted by Gasteiger charge is 2.49. The van der Waals surface area contributed by atoms with Crippen molar-refractivity contribution in [2.45, 2.75) is 90.4 Å². The second-order valence-corrected chi connectivity index (χ2v) is 8.62. The molecule has 1 heterocycles. The van der Waals surface area contributed by atoms with Crippen LogP contribution in [0.2, 0.25) is 0 Å². The summed E-state index contributed by atoms with van der Waals surface area (Å²) in [4.78, 5) is 35.0. The van der Waals surface area contributed by atoms with Crippen molar-refractivity contribution < 1.29 is 28.6 Å². The van der Waals surface area contributed by atoms with E-state index in [1.165, 1.54) is 19.6 Å². The summed E-state index contributed by atoms with van der Waals surface area (Å²) in [5.74, 6) is -0.125. The van der Waals surface area contributed by atoms with E-state index in [-0.39, 0.29) is 47.9 Å². The van der Waals surface area contributed by atoms with Crippen LogP contribution in [0.15, 0.2) is 23.8 Å². The lowest BCUT2D eigenvalue weighted by Crippen LogP contribution is -2.24. The largest absolute Gasteiger partial charge is 0.469 e. The number of esters is 2. The third-order valence-electron chi connectivity index (χ3n) is 5.92. The molecule has 1 aliphatic heterocycles. The van der Waals surface area contributed by atoms with Crippen LogP contribution >= 0.6 is 0 Å². The molecule has 0 aromatic carbocycles. The molecule has 0 bridgehead atoms. The first-order valence-corrected chi connectivity index (χ1v) is 11.0. The number of ketones is 1. The molecule has 1 saturated heterocycles. The Hall–Kier alpha value is -1.95. The Bertz CT molecular complexity index is 661. The van der Waals surface area contributed by atoms with Crippen molar-refractivity contribution in [1.82, 2.24) is 0 Å². The quantitative estimate of drug-likeness (QED) is 0.214. The predicted molar refractivity (Wildman–Crippen MR) is 114 cm³/mol. The highest BCUT2D eigenvalue weighted by molar-refractivity contribution is 5.89. The Morgan fingerprint density at radius 3 is 2.50 bits per heavy atom. The zero-order valence-electron chi connectivity index (χ0n) is 18.7. The molecule has 2 aliphatic rings. The number of carbonyl (C=O) groups is 3. The zero-order valence-corrected chi connectivity index (χ0v) is 18.7. The van der Waals surface area contributed by atoms with Crippen LogP contribution in [-0.4, -0.2) is 43.1 Å². The van der Waals surface area contributed by atoms with Crippen molar-refractivity contribution in [2.24, 2.45) is 11.8 Å². The number of methoxy groups -OCH3 is 1. The standard InChI is InChI=1S/C24H36O6/c1-16(2)8-7-9-18(26)12-13-20-21-14-19(10-5-6-11-24(27)28-4)30-23(21)15-22(20)29-17(3)25/h8,12-13,19-23H,5-7,9-11,14-15H2,1-4H3/b13-12+/t19-,20+,21+,22+,23-/m0/s1. The predicted octanol–water partition coefficient (Wildman–Crippen LogP) is 4.32. The van der Waals surface area contributed by atoms with Crippen LogP contribution < -0.4 is 0 Å². The minimum absolute atomic E-state index is 0.00590. The summed E-state index contributed by atoms with van der Waals surface area (Å²) in [5.41, 5.74) is 1.21. The first kappa shape index (κ1) is 24.3. The number of carbonyl (C=O) groups excluding carboxylic acids is 3. The number of unbranched alkanes of at least 4 members (excludes halogenated alkanes) is 1. The Morgan fingerprint density at radius 1 is 1.07 bits per heavy atom. The number of ether oxygens (including phenoxy) is 3. The Morgan fingerprint density at radius 2 is 1.83 bits per heavy atom. The van der Waals surface area contributed by atoms with Crippen molar-refractivity contribution in [1.29, 1.82) is 0 Å². The summed E-state index contributed by atoms with van der Waals surface area (Å²) in [6, 6.07) is 0. The topological polar surface area (TPSA) is 78.9 Å². The van der Waals surface area contributed by atoms with Gasteiger partial charge in [0, 0.05) is 32.1 Å². The lowest BCUT2D eigenvalue weighted by molar-refractivity contribution is -0.148. The van der Waals surface area contributed by atoms with Crippen LogP contribution in [0.4, 0.5) is 0 Å². The number of fused-ring (bicyclic) bond motifs is 1. The molecule has 0 amide bonds. The molecular formula is C24H36O6. The molecule has 0 aromatic rings. The maximum atomic E-state index is 12.2. The molecule has 2 rings (SSSR count). The number of hydrogen-bond donors (Lipinski definition) is 0. The fourth-order valence-electron chi connectivity index (χ4n) is 4.50. The van der Waals surface area contributed by atoms with E-state index in [0.717, 1.165) is 32.1 Å². The van der Waals surface area contributed by atoms with Gasteiger partial charge in [-0.3, -0.25) is 14.4 Å². The van der Waals surface area contributed by atoms with E-state index in [4.69, 9.17) is 9.47 Å². The highest BCUT2D eigenvalue weighted by Crippen LogP contribution is 2.46. The molecule has 1 aliphatic carbocycles. The van der Waals surface area contributed by atoms with Crippen LogP contribution in [0.25, 0.3) is 0 Å². The average molecular weight is 421 g/mol. The minimum atomic E-state index is -0.299. The van der Waals surface area contributed by atoms with Gasteiger partial charge >= 0.3 is 11.9 Å². The van der Waals surface area contributed by atoms with E-state index in [9.17, 15) is 14.4 Å². The molecule has 30 heavy (non-hydrogen) atoms. The third-order valence-corrected chi connectivity index (χ3v) is 5.92. The van der Waals surface area contributed by atoms with Crippen molar-refractivity contribution in [3.8, 4) is 0 Å². The maximum Gasteiger partial charge on any atom is 0.305 e. The Kier molecular flexibility index (Phi) is 9.76. The van der Waals surface area contributed by atoms with E-state index < -0.39 is 0 Å². The molecular weight excluding hydrogens is 384 g/mol. The van der Waals surface area contributed by atoms with Gasteiger partial charge in [-0.05, 0) is 51.5 Å². The van der Waals surface area contributed by atoms with Gasteiger partial charge in [0.2, 0.25) is 0 Å². The molecule has 0 radical (unpaired) electrons. The third kappa shape index (κ3) is 7.71. The fourth-order valence-corrected chi connectivity index (χ4v) is 4.50. The molecule has 5 atom stereocenters. The first-order chi connectivity index (χ1) is 14.3. The summed E-state index contributed by atoms with van der Waals surface area (Å²) >= 11 is 0. The van der Waals surface area contributed by atoms with Crippen molar-refractivity contribution in [3.05, 3.63) is 23.8 Å². The SMILES string of the molecule is COC(=O)CCCC[C@H]1C[C@@H]2[C@@H](/C=C/C(=O)CCC=C(C)C)[C@H](OC(C)=O)C[C@@H]2O1. The molecule has 6 nitrogen and oxygen atoms in total. The summed E-state index contributed by atoms with van der Waals surface area (Å²) in [5, 5.41) is 0. The summed E-state index contributed by atoms with van der Waals surface area (Å²) in [6.07, 6.45) is 11.5. The van der Waals surface area contributed by atoms with Crippen LogP contribution in [0.1, 0.15) is 72.1 Å². The van der Waals surface area contributed by atoms with Gasteiger partial charge in [-0.1, -0.05) is 24.1 Å². The first-order valence-electron chi connectivity index (χ1n) is 11.0. The molecule has 1 saturated carbocycles. The van der Waals surface area contributed by atoms with Gasteiger partial charge in [0.25, 0.3) is 0 Å². The second-order valence-electron chi connectivity index (χ2n) is 8.62. The summed E-state index contributed by atoms with van der Waals surface area (Å²) < 4.78 is 16.4. The van der Waals surface area contributed by atoms with Gasteiger partial charge in [0.15, 0.2) is 5.78 Å². The number of allylic oxidation sites excluding steroid dienone is 3. The van der Waals surface area contributed by atoms with E-state index in [2.05, 4.69) is 10.8 Å². The normalized spacial score (nSPS) is 27.7. The van der Waals surface area contributed by atoms with Crippen LogP contribution in [0.5, 0.6) is 0 Å². The molecule has 0 unspecified atom stereocenters. The molecule has 6 heteroatoms. The smallest absolute Gasteiger partial charge is 0.305 e. The Balaban J connectivity index is 1.90. The fraction of sp³-hybridized carbons (Fsp3) is 0.708. The van der Waals surface area contributed by atoms with Gasteiger partial charge in [-0.2, -0.15) is 0 Å². The monoisotopic (exact) mass is 420 g/mol. The van der Waals surface area contributed by atoms with Crippen LogP contribution in [0.3, 0.4) is 0 Å². The van der Waals surface area contributed by atoms with Gasteiger partial charge in [0.05, 0.1) is 19.3 Å². The minimum Gasteiger partial charge on any atom is -0.469 e. The zero-order chi connectivity index (χ0) is 22.1. The van der Waals surface area contributed by atoms with Crippen LogP contribution in [0, 0.1) is 11.8 Å². The number of rotatable bonds is 11. The maximum absolute atomic E-state index is 12.2. The van der Waals surface area contributed by atoms with E-state index in [1.807, 2.05) is 19.9 Å². The van der Waals surface area contributed by atoms with Gasteiger partial charge < -0.3 is 14.2 Å². The van der Waals surface area contributed by atoms with E-state index in [1.54, 1.807) is 6.08 Å². The van der Waals surface area contributed by atoms with Crippen LogP contribution in [-0.2, 0) is 28.6 Å². The van der Waals surface area contributed by atoms with Crippen molar-refractivity contribution in [3.63, 3.8) is 0 Å². The lowest BCUT2D eigenvalue weighted by Gasteiger charge is -2.21. The molecule has 0 spiro atoms. The Labute approximate surface area is 180 Å². The van der Waals surface area contributed by atoms with Crippen molar-refractivity contribution in [2.75, 3.05) is 7.11 Å². The highest BCUT2D eigenvalue weighted by atomic mass is 16.6. The summed E-state index contributed by atoms with van der Waals surface area (Å²) in [6.45, 7) is 5.47. The van der Waals surface area contributed by atoms with Crippen molar-refractivity contribution >= 4 is 17.7 Å². The van der Waals surface area contributed by atoms with E-state index in [0.29, 0.717) is 19.3 Å². The van der Waals surface area contributed by atoms with Gasteiger partial charge in [-0.25, -0.2) is 0 Å². The van der Waals surface area contributed by atoms with E-state index >= 15 is 0 Å². The summed E-state index contributed by atoms with van der Waals surface area (Å²) in [7, 11) is 1.41. The molecule has 168 valence electrons. The molecule has 0 N–H and O–H groups in total. The molecule has 2 fully saturated rings. The lowest BCUT2D eigenvalue weighted by atomic mass is 9.89. The second kappa shape index (κ2) is 12.0. The average Bonchev–Trinajstić information content (AvgIpc) is 3.19. The van der Waals surface area contributed by atoms with Gasteiger partial charge in [0.1, 0.15) is 6.10 Å². The van der Waals surface area contributed by atoms with Gasteiger partial charge in [-0.15, -0.1) is 0 Å². The number of hydrogen-bond acceptors (Lipinski definition) is 6. The molecule has 0 aromatic heterocycles.